The lowest BCUT2D eigenvalue weighted by atomic mass is 9.86. The Balaban J connectivity index is 1.24. The first-order valence-electron chi connectivity index (χ1n) is 12.4. The molecule has 1 heteroatoms. The molecule has 2 aliphatic rings. The van der Waals surface area contributed by atoms with E-state index in [2.05, 4.69) is 98.8 Å². The normalized spacial score (nSPS) is 18.5. The molecule has 2 aliphatic carbocycles. The third kappa shape index (κ3) is 4.13. The van der Waals surface area contributed by atoms with Gasteiger partial charge in [-0.3, -0.25) is 4.79 Å². The van der Waals surface area contributed by atoms with Crippen molar-refractivity contribution in [2.75, 3.05) is 0 Å². The van der Waals surface area contributed by atoms with E-state index in [1.54, 1.807) is 0 Å². The molecule has 33 heavy (non-hydrogen) atoms. The minimum absolute atomic E-state index is 0.331. The maximum Gasteiger partial charge on any atom is 0.137 e. The predicted molar refractivity (Wildman–Crippen MR) is 138 cm³/mol. The Hall–Kier alpha value is -3.19. The highest BCUT2D eigenvalue weighted by atomic mass is 16.1. The van der Waals surface area contributed by atoms with E-state index in [0.29, 0.717) is 30.5 Å². The molecule has 3 aromatic carbocycles. The van der Waals surface area contributed by atoms with Crippen LogP contribution in [0.2, 0.25) is 0 Å². The number of carbonyl (C=O) groups is 1. The molecular formula is C32H32O. The summed E-state index contributed by atoms with van der Waals surface area (Å²) >= 11 is 0. The minimum Gasteiger partial charge on any atom is -0.299 e. The van der Waals surface area contributed by atoms with Gasteiger partial charge in [0.05, 0.1) is 0 Å². The van der Waals surface area contributed by atoms with Gasteiger partial charge in [0.15, 0.2) is 0 Å². The zero-order valence-electron chi connectivity index (χ0n) is 19.7. The summed E-state index contributed by atoms with van der Waals surface area (Å²) in [5, 5.41) is 0. The summed E-state index contributed by atoms with van der Waals surface area (Å²) in [7, 11) is 0. The van der Waals surface area contributed by atoms with Gasteiger partial charge in [-0.15, -0.1) is 0 Å². The van der Waals surface area contributed by atoms with E-state index in [1.807, 2.05) is 0 Å². The van der Waals surface area contributed by atoms with E-state index in [9.17, 15) is 4.79 Å². The van der Waals surface area contributed by atoms with Crippen LogP contribution in [0, 0.1) is 5.92 Å². The molecule has 0 bridgehead atoms. The first-order chi connectivity index (χ1) is 16.2. The van der Waals surface area contributed by atoms with E-state index >= 15 is 0 Å². The minimum atomic E-state index is 0.331. The van der Waals surface area contributed by atoms with Gasteiger partial charge in [0.25, 0.3) is 0 Å². The van der Waals surface area contributed by atoms with Crippen LogP contribution in [0.1, 0.15) is 67.7 Å². The van der Waals surface area contributed by atoms with E-state index < -0.39 is 0 Å². The Bertz CT molecular complexity index is 1230. The van der Waals surface area contributed by atoms with Gasteiger partial charge in [-0.05, 0) is 58.2 Å². The van der Waals surface area contributed by atoms with Crippen LogP contribution in [-0.4, -0.2) is 5.78 Å². The van der Waals surface area contributed by atoms with E-state index in [0.717, 1.165) is 24.8 Å². The second-order valence-corrected chi connectivity index (χ2v) is 9.38. The summed E-state index contributed by atoms with van der Waals surface area (Å²) in [5.41, 5.74) is 10.7. The van der Waals surface area contributed by atoms with Crippen molar-refractivity contribution in [1.82, 2.24) is 0 Å². The molecule has 0 amide bonds. The Labute approximate surface area is 197 Å². The van der Waals surface area contributed by atoms with Crippen LogP contribution in [0.5, 0.6) is 0 Å². The molecule has 0 radical (unpaired) electrons. The average molecular weight is 433 g/mol. The average Bonchev–Trinajstić information content (AvgIpc) is 3.41. The molecule has 0 spiro atoms. The van der Waals surface area contributed by atoms with Gasteiger partial charge in [-0.1, -0.05) is 104 Å². The van der Waals surface area contributed by atoms with Gasteiger partial charge in [0.1, 0.15) is 5.78 Å². The Morgan fingerprint density at radius 3 is 2.27 bits per heavy atom. The number of hydrogen-bond donors (Lipinski definition) is 0. The molecule has 0 N–H and O–H groups in total. The van der Waals surface area contributed by atoms with Crippen molar-refractivity contribution >= 4 is 11.4 Å². The van der Waals surface area contributed by atoms with Crippen molar-refractivity contribution < 1.29 is 4.79 Å². The quantitative estimate of drug-likeness (QED) is 0.351. The summed E-state index contributed by atoms with van der Waals surface area (Å²) in [4.78, 5) is 12.9. The van der Waals surface area contributed by atoms with Crippen molar-refractivity contribution in [2.45, 2.75) is 51.9 Å². The van der Waals surface area contributed by atoms with Gasteiger partial charge < -0.3 is 0 Å². The Kier molecular flexibility index (Phi) is 6.13. The molecule has 0 saturated carbocycles. The molecule has 1 nitrogen and oxygen atoms in total. The molecule has 2 atom stereocenters. The highest BCUT2D eigenvalue weighted by Crippen LogP contribution is 2.46. The first-order valence-corrected chi connectivity index (χ1v) is 12.4. The summed E-state index contributed by atoms with van der Waals surface area (Å²) in [6.07, 6.45) is 8.68. The Morgan fingerprint density at radius 1 is 0.758 bits per heavy atom. The molecular weight excluding hydrogens is 400 g/mol. The summed E-state index contributed by atoms with van der Waals surface area (Å²) < 4.78 is 0. The standard InChI is InChI=1S/C32H32O/c1-3-26-24(16-19-28(26)23-10-6-5-7-11-23)15-17-25(33)20-22-14-18-31-27(4-2)29-12-8-9-13-30(29)32(31)21-22/h5-14,16,18-19,21,26-27H,3-4,15,17,20H2,1-2H3. The third-order valence-corrected chi connectivity index (χ3v) is 7.44. The fourth-order valence-corrected chi connectivity index (χ4v) is 5.80. The fourth-order valence-electron chi connectivity index (χ4n) is 5.80. The monoisotopic (exact) mass is 432 g/mol. The predicted octanol–water partition coefficient (Wildman–Crippen LogP) is 8.15. The number of fused-ring (bicyclic) bond motifs is 3. The Morgan fingerprint density at radius 2 is 1.48 bits per heavy atom. The summed E-state index contributed by atoms with van der Waals surface area (Å²) in [5.74, 6) is 1.24. The van der Waals surface area contributed by atoms with Crippen LogP contribution in [-0.2, 0) is 11.2 Å². The van der Waals surface area contributed by atoms with Crippen molar-refractivity contribution in [3.63, 3.8) is 0 Å². The van der Waals surface area contributed by atoms with Crippen LogP contribution in [0.25, 0.3) is 16.7 Å². The second kappa shape index (κ2) is 9.35. The molecule has 0 saturated heterocycles. The molecule has 5 rings (SSSR count). The van der Waals surface area contributed by atoms with Crippen molar-refractivity contribution in [2.24, 2.45) is 5.92 Å². The molecule has 0 heterocycles. The van der Waals surface area contributed by atoms with Gasteiger partial charge in [0.2, 0.25) is 0 Å². The maximum absolute atomic E-state index is 12.9. The maximum atomic E-state index is 12.9. The molecule has 0 aromatic heterocycles. The SMILES string of the molecule is CCC1C(CCC(=O)Cc2ccc3c(c2)-c2ccccc2C3CC)=CC=C1c1ccccc1. The number of benzene rings is 3. The second-order valence-electron chi connectivity index (χ2n) is 9.38. The number of carbonyl (C=O) groups excluding carboxylic acids is 1. The van der Waals surface area contributed by atoms with Crippen molar-refractivity contribution in [3.05, 3.63) is 113 Å². The highest BCUT2D eigenvalue weighted by molar-refractivity contribution is 5.84. The number of rotatable bonds is 8. The lowest BCUT2D eigenvalue weighted by molar-refractivity contribution is -0.118. The zero-order valence-corrected chi connectivity index (χ0v) is 19.7. The molecule has 3 aromatic rings. The van der Waals surface area contributed by atoms with Crippen molar-refractivity contribution in [3.8, 4) is 11.1 Å². The van der Waals surface area contributed by atoms with Gasteiger partial charge in [-0.2, -0.15) is 0 Å². The van der Waals surface area contributed by atoms with Crippen molar-refractivity contribution in [1.29, 1.82) is 0 Å². The number of hydrogen-bond acceptors (Lipinski definition) is 1. The summed E-state index contributed by atoms with van der Waals surface area (Å²) in [6.45, 7) is 4.50. The largest absolute Gasteiger partial charge is 0.299 e. The molecule has 0 fully saturated rings. The molecule has 0 aliphatic heterocycles. The number of Topliss-reactive ketones (excluding diaryl/α,β-unsaturated/α-hetero) is 1. The number of ketones is 1. The van der Waals surface area contributed by atoms with Gasteiger partial charge in [-0.25, -0.2) is 0 Å². The van der Waals surface area contributed by atoms with Crippen LogP contribution in [0.3, 0.4) is 0 Å². The van der Waals surface area contributed by atoms with Crippen LogP contribution in [0.4, 0.5) is 0 Å². The fraction of sp³-hybridized carbons (Fsp3) is 0.281. The smallest absolute Gasteiger partial charge is 0.137 e. The van der Waals surface area contributed by atoms with Crippen LogP contribution < -0.4 is 0 Å². The molecule has 2 unspecified atom stereocenters. The van der Waals surface area contributed by atoms with E-state index in [-0.39, 0.29) is 0 Å². The van der Waals surface area contributed by atoms with Crippen LogP contribution >= 0.6 is 0 Å². The number of allylic oxidation sites excluding steroid dienone is 4. The summed E-state index contributed by atoms with van der Waals surface area (Å²) in [6, 6.07) is 26.1. The third-order valence-electron chi connectivity index (χ3n) is 7.44. The molecule has 166 valence electrons. The van der Waals surface area contributed by atoms with Crippen LogP contribution in [0.15, 0.2) is 90.5 Å². The van der Waals surface area contributed by atoms with E-state index in [4.69, 9.17) is 0 Å². The topological polar surface area (TPSA) is 17.1 Å². The highest BCUT2D eigenvalue weighted by Gasteiger charge is 2.27. The van der Waals surface area contributed by atoms with Gasteiger partial charge in [0, 0.05) is 24.7 Å². The first kappa shape index (κ1) is 21.6. The zero-order chi connectivity index (χ0) is 22.8. The lowest BCUT2D eigenvalue weighted by Crippen LogP contribution is -2.07. The van der Waals surface area contributed by atoms with E-state index in [1.165, 1.54) is 39.0 Å². The van der Waals surface area contributed by atoms with Gasteiger partial charge >= 0.3 is 0 Å². The lowest BCUT2D eigenvalue weighted by Gasteiger charge is -2.18.